The number of aliphatic imine (C=N–C) groups is 1. The van der Waals surface area contributed by atoms with Gasteiger partial charge >= 0.3 is 0 Å². The zero-order valence-electron chi connectivity index (χ0n) is 16.6. The van der Waals surface area contributed by atoms with Crippen molar-refractivity contribution >= 4 is 35.6 Å². The Morgan fingerprint density at radius 1 is 1.25 bits per heavy atom. The second-order valence-electron chi connectivity index (χ2n) is 6.65. The number of halogens is 1. The Bertz CT molecular complexity index is 741. The van der Waals surface area contributed by atoms with Crippen molar-refractivity contribution in [3.8, 4) is 5.88 Å². The number of ether oxygens (including phenoxy) is 1. The van der Waals surface area contributed by atoms with Gasteiger partial charge in [-0.25, -0.2) is 4.98 Å². The number of benzene rings is 1. The molecule has 2 N–H and O–H groups in total. The number of aromatic nitrogens is 1. The van der Waals surface area contributed by atoms with E-state index >= 15 is 0 Å². The third kappa shape index (κ3) is 6.25. The van der Waals surface area contributed by atoms with Gasteiger partial charge in [0.15, 0.2) is 5.96 Å². The Labute approximate surface area is 184 Å². The van der Waals surface area contributed by atoms with Gasteiger partial charge in [0.1, 0.15) is 0 Å². The zero-order valence-corrected chi connectivity index (χ0v) is 18.9. The van der Waals surface area contributed by atoms with Gasteiger partial charge in [-0.1, -0.05) is 31.2 Å². The van der Waals surface area contributed by atoms with Crippen LogP contribution in [0.2, 0.25) is 0 Å². The van der Waals surface area contributed by atoms with E-state index in [0.29, 0.717) is 25.1 Å². The van der Waals surface area contributed by atoms with Crippen molar-refractivity contribution in [2.45, 2.75) is 32.4 Å². The second-order valence-corrected chi connectivity index (χ2v) is 6.65. The van der Waals surface area contributed by atoms with Crippen LogP contribution in [0.3, 0.4) is 0 Å². The minimum atomic E-state index is 0. The van der Waals surface area contributed by atoms with Gasteiger partial charge in [-0.2, -0.15) is 0 Å². The Morgan fingerprint density at radius 2 is 2.07 bits per heavy atom. The van der Waals surface area contributed by atoms with Crippen LogP contribution in [0.4, 0.5) is 5.69 Å². The van der Waals surface area contributed by atoms with Crippen molar-refractivity contribution < 1.29 is 4.74 Å². The second kappa shape index (κ2) is 11.7. The smallest absolute Gasteiger partial charge is 0.218 e. The van der Waals surface area contributed by atoms with E-state index in [1.165, 1.54) is 5.69 Å². The molecule has 2 aromatic rings. The van der Waals surface area contributed by atoms with Crippen LogP contribution in [0.25, 0.3) is 0 Å². The van der Waals surface area contributed by atoms with Crippen molar-refractivity contribution in [2.75, 3.05) is 31.6 Å². The summed E-state index contributed by atoms with van der Waals surface area (Å²) in [7, 11) is 1.80. The molecule has 1 fully saturated rings. The number of nitrogens with zero attached hydrogens (tertiary/aromatic N) is 3. The molecule has 1 aliphatic rings. The summed E-state index contributed by atoms with van der Waals surface area (Å²) in [5.41, 5.74) is 2.31. The number of rotatable bonds is 7. The number of para-hydroxylation sites is 1. The number of nitrogens with one attached hydrogen (secondary N) is 2. The molecule has 0 spiro atoms. The van der Waals surface area contributed by atoms with Crippen molar-refractivity contribution in [1.82, 2.24) is 15.6 Å². The van der Waals surface area contributed by atoms with E-state index in [1.807, 2.05) is 12.1 Å². The minimum Gasteiger partial charge on any atom is -0.477 e. The monoisotopic (exact) mass is 495 g/mol. The minimum absolute atomic E-state index is 0. The molecule has 1 unspecified atom stereocenters. The van der Waals surface area contributed by atoms with E-state index in [0.717, 1.165) is 37.5 Å². The van der Waals surface area contributed by atoms with Gasteiger partial charge < -0.3 is 20.3 Å². The zero-order chi connectivity index (χ0) is 18.9. The number of guanidine groups is 1. The first-order valence-electron chi connectivity index (χ1n) is 9.64. The van der Waals surface area contributed by atoms with E-state index in [-0.39, 0.29) is 24.0 Å². The number of pyridine rings is 1. The van der Waals surface area contributed by atoms with Gasteiger partial charge in [0, 0.05) is 50.2 Å². The van der Waals surface area contributed by atoms with Gasteiger partial charge in [0.2, 0.25) is 5.88 Å². The molecular formula is C21H30IN5O. The molecule has 1 saturated heterocycles. The molecule has 0 aliphatic carbocycles. The van der Waals surface area contributed by atoms with E-state index in [4.69, 9.17) is 4.74 Å². The predicted octanol–water partition coefficient (Wildman–Crippen LogP) is 3.43. The van der Waals surface area contributed by atoms with Gasteiger partial charge in [0.25, 0.3) is 0 Å². The summed E-state index contributed by atoms with van der Waals surface area (Å²) >= 11 is 0. The van der Waals surface area contributed by atoms with Crippen molar-refractivity contribution in [3.05, 3.63) is 54.2 Å². The standard InChI is InChI=1S/C21H29N5O.HI/c1-3-14-27-20-17(8-7-12-23-20)15-24-21(22-2)25-18-11-13-26(16-18)19-9-5-4-6-10-19;/h4-10,12,18H,3,11,13-16H2,1-2H3,(H2,22,24,25);1H. The van der Waals surface area contributed by atoms with Crippen LogP contribution in [0, 0.1) is 0 Å². The van der Waals surface area contributed by atoms with Crippen LogP contribution in [0.5, 0.6) is 5.88 Å². The van der Waals surface area contributed by atoms with Crippen LogP contribution in [-0.4, -0.2) is 43.7 Å². The molecule has 7 heteroatoms. The fourth-order valence-corrected chi connectivity index (χ4v) is 3.21. The first-order valence-corrected chi connectivity index (χ1v) is 9.64. The highest BCUT2D eigenvalue weighted by Crippen LogP contribution is 2.19. The van der Waals surface area contributed by atoms with Gasteiger partial charge in [-0.15, -0.1) is 24.0 Å². The summed E-state index contributed by atoms with van der Waals surface area (Å²) in [5.74, 6) is 1.50. The molecule has 6 nitrogen and oxygen atoms in total. The summed E-state index contributed by atoms with van der Waals surface area (Å²) in [4.78, 5) is 11.1. The first kappa shape index (κ1) is 22.3. The van der Waals surface area contributed by atoms with Crippen molar-refractivity contribution in [1.29, 1.82) is 0 Å². The molecule has 1 aromatic heterocycles. The highest BCUT2D eigenvalue weighted by Gasteiger charge is 2.23. The Morgan fingerprint density at radius 3 is 2.82 bits per heavy atom. The number of hydrogen-bond acceptors (Lipinski definition) is 4. The average Bonchev–Trinajstić information content (AvgIpc) is 3.19. The Hall–Kier alpha value is -2.03. The maximum absolute atomic E-state index is 5.73. The molecule has 152 valence electrons. The molecule has 0 amide bonds. The van der Waals surface area contributed by atoms with Gasteiger partial charge in [-0.05, 0) is 31.0 Å². The van der Waals surface area contributed by atoms with E-state index < -0.39 is 0 Å². The molecule has 0 radical (unpaired) electrons. The lowest BCUT2D eigenvalue weighted by Crippen LogP contribution is -2.44. The maximum Gasteiger partial charge on any atom is 0.218 e. The number of anilines is 1. The van der Waals surface area contributed by atoms with Crippen molar-refractivity contribution in [2.24, 2.45) is 4.99 Å². The molecular weight excluding hydrogens is 465 g/mol. The third-order valence-electron chi connectivity index (χ3n) is 4.61. The molecule has 1 aromatic carbocycles. The molecule has 3 rings (SSSR count). The predicted molar refractivity (Wildman–Crippen MR) is 126 cm³/mol. The molecule has 1 atom stereocenters. The number of hydrogen-bond donors (Lipinski definition) is 2. The lowest BCUT2D eigenvalue weighted by Gasteiger charge is -2.20. The van der Waals surface area contributed by atoms with Crippen LogP contribution >= 0.6 is 24.0 Å². The van der Waals surface area contributed by atoms with Gasteiger partial charge in [0.05, 0.1) is 6.61 Å². The Kier molecular flexibility index (Phi) is 9.33. The first-order chi connectivity index (χ1) is 13.3. The molecule has 2 heterocycles. The maximum atomic E-state index is 5.73. The summed E-state index contributed by atoms with van der Waals surface area (Å²) in [5, 5.41) is 6.92. The molecule has 0 saturated carbocycles. The third-order valence-corrected chi connectivity index (χ3v) is 4.61. The van der Waals surface area contributed by atoms with Crippen LogP contribution in [0.1, 0.15) is 25.3 Å². The molecule has 1 aliphatic heterocycles. The lowest BCUT2D eigenvalue weighted by atomic mass is 10.2. The highest BCUT2D eigenvalue weighted by molar-refractivity contribution is 14.0. The summed E-state index contributed by atoms with van der Waals surface area (Å²) < 4.78 is 5.73. The SMILES string of the molecule is CCCOc1ncccc1CNC(=NC)NC1CCN(c2ccccc2)C1.I. The highest BCUT2D eigenvalue weighted by atomic mass is 127. The van der Waals surface area contributed by atoms with E-state index in [9.17, 15) is 0 Å². The average molecular weight is 495 g/mol. The normalized spacial score (nSPS) is 16.4. The Balaban J connectivity index is 0.00000280. The fraction of sp³-hybridized carbons (Fsp3) is 0.429. The van der Waals surface area contributed by atoms with Crippen molar-refractivity contribution in [3.63, 3.8) is 0 Å². The largest absolute Gasteiger partial charge is 0.477 e. The van der Waals surface area contributed by atoms with E-state index in [2.05, 4.69) is 62.8 Å². The van der Waals surface area contributed by atoms with Crippen LogP contribution in [0.15, 0.2) is 53.7 Å². The van der Waals surface area contributed by atoms with Crippen LogP contribution in [-0.2, 0) is 6.54 Å². The molecule has 0 bridgehead atoms. The lowest BCUT2D eigenvalue weighted by molar-refractivity contribution is 0.301. The summed E-state index contributed by atoms with van der Waals surface area (Å²) in [6.07, 6.45) is 3.82. The fourth-order valence-electron chi connectivity index (χ4n) is 3.21. The van der Waals surface area contributed by atoms with Gasteiger partial charge in [-0.3, -0.25) is 4.99 Å². The van der Waals surface area contributed by atoms with Crippen LogP contribution < -0.4 is 20.3 Å². The van der Waals surface area contributed by atoms with E-state index in [1.54, 1.807) is 13.2 Å². The topological polar surface area (TPSA) is 61.8 Å². The summed E-state index contributed by atoms with van der Waals surface area (Å²) in [6, 6.07) is 14.9. The molecule has 28 heavy (non-hydrogen) atoms. The summed E-state index contributed by atoms with van der Waals surface area (Å²) in [6.45, 7) is 5.42. The quantitative estimate of drug-likeness (QED) is 0.350.